The molecular formula is C8H16F4P2. The number of hydrogen-bond donors (Lipinski definition) is 0. The van der Waals surface area contributed by atoms with Gasteiger partial charge in [-0.3, -0.25) is 0 Å². The molecule has 0 aliphatic carbocycles. The molecule has 4 unspecified atom stereocenters. The van der Waals surface area contributed by atoms with Crippen molar-refractivity contribution in [2.45, 2.75) is 44.4 Å². The van der Waals surface area contributed by atoms with E-state index in [4.69, 9.17) is 0 Å². The molecule has 14 heavy (non-hydrogen) atoms. The quantitative estimate of drug-likeness (QED) is 0.517. The molecule has 0 fully saturated rings. The van der Waals surface area contributed by atoms with Crippen LogP contribution in [-0.2, 0) is 0 Å². The average Bonchev–Trinajstić information content (AvgIpc) is 1.81. The molecule has 0 aliphatic heterocycles. The molecule has 0 N–H and O–H groups in total. The molecule has 0 spiro atoms. The van der Waals surface area contributed by atoms with Crippen LogP contribution >= 0.6 is 18.5 Å². The van der Waals surface area contributed by atoms with E-state index < -0.39 is 22.2 Å². The van der Waals surface area contributed by atoms with Gasteiger partial charge in [-0.25, -0.2) is 8.78 Å². The minimum absolute atomic E-state index is 0.568. The summed E-state index contributed by atoms with van der Waals surface area (Å²) < 4.78 is 53.4. The summed E-state index contributed by atoms with van der Waals surface area (Å²) >= 11 is 0. The molecule has 0 bridgehead atoms. The summed E-state index contributed by atoms with van der Waals surface area (Å²) in [5.41, 5.74) is -8.30. The van der Waals surface area contributed by atoms with E-state index in [9.17, 15) is 17.6 Å². The normalized spacial score (nSPS) is 22.7. The Labute approximate surface area is 86.6 Å². The van der Waals surface area contributed by atoms with Crippen LogP contribution in [0.1, 0.15) is 27.7 Å². The van der Waals surface area contributed by atoms with Gasteiger partial charge in [0.15, 0.2) is 5.41 Å². The SMILES string of the molecule is CC(C)(C)C(F)(P)C(C)(F)C(F)(F)P. The van der Waals surface area contributed by atoms with Crippen LogP contribution in [0, 0.1) is 5.41 Å². The maximum Gasteiger partial charge on any atom is 0.295 e. The number of alkyl halides is 4. The van der Waals surface area contributed by atoms with Gasteiger partial charge in [-0.05, 0) is 6.92 Å². The largest absolute Gasteiger partial charge is 0.295 e. The minimum atomic E-state index is -3.81. The van der Waals surface area contributed by atoms with Crippen LogP contribution in [-0.4, -0.2) is 16.7 Å². The molecule has 0 amide bonds. The molecule has 0 aliphatic rings. The first-order chi connectivity index (χ1) is 5.75. The highest BCUT2D eigenvalue weighted by atomic mass is 31.0. The molecule has 0 nitrogen and oxygen atoms in total. The maximum absolute atomic E-state index is 14.0. The number of rotatable bonds is 2. The Balaban J connectivity index is 5.30. The molecule has 0 radical (unpaired) electrons. The fourth-order valence-corrected chi connectivity index (χ4v) is 1.52. The van der Waals surface area contributed by atoms with Crippen molar-refractivity contribution < 1.29 is 17.6 Å². The van der Waals surface area contributed by atoms with E-state index in [-0.39, 0.29) is 0 Å². The Morgan fingerprint density at radius 2 is 1.07 bits per heavy atom. The van der Waals surface area contributed by atoms with Gasteiger partial charge in [0.2, 0.25) is 5.67 Å². The van der Waals surface area contributed by atoms with Gasteiger partial charge in [0.05, 0.1) is 0 Å². The highest BCUT2D eigenvalue weighted by Gasteiger charge is 2.64. The van der Waals surface area contributed by atoms with E-state index in [0.717, 1.165) is 9.24 Å². The van der Waals surface area contributed by atoms with Crippen molar-refractivity contribution in [3.8, 4) is 0 Å². The predicted molar refractivity (Wildman–Crippen MR) is 57.2 cm³/mol. The Bertz CT molecular complexity index is 188. The van der Waals surface area contributed by atoms with Crippen molar-refractivity contribution in [2.75, 3.05) is 0 Å². The summed E-state index contributed by atoms with van der Waals surface area (Å²) in [6.07, 6.45) is 0. The van der Waals surface area contributed by atoms with E-state index in [2.05, 4.69) is 0 Å². The van der Waals surface area contributed by atoms with Crippen LogP contribution < -0.4 is 0 Å². The summed E-state index contributed by atoms with van der Waals surface area (Å²) in [6, 6.07) is 0. The van der Waals surface area contributed by atoms with E-state index in [0.29, 0.717) is 6.92 Å². The monoisotopic (exact) mass is 250 g/mol. The van der Waals surface area contributed by atoms with Gasteiger partial charge in [-0.15, -0.1) is 0 Å². The zero-order valence-electron chi connectivity index (χ0n) is 8.67. The van der Waals surface area contributed by atoms with Crippen molar-refractivity contribution in [3.63, 3.8) is 0 Å². The summed E-state index contributed by atoms with van der Waals surface area (Å²) in [4.78, 5) is 0. The predicted octanol–water partition coefficient (Wildman–Crippen LogP) is 3.77. The van der Waals surface area contributed by atoms with Gasteiger partial charge in [0.25, 0.3) is 5.66 Å². The zero-order valence-corrected chi connectivity index (χ0v) is 11.0. The molecule has 6 heteroatoms. The smallest absolute Gasteiger partial charge is 0.235 e. The second-order valence-corrected chi connectivity index (χ2v) is 6.11. The van der Waals surface area contributed by atoms with Gasteiger partial charge in [-0.1, -0.05) is 39.3 Å². The summed E-state index contributed by atoms with van der Waals surface area (Å²) in [5, 5.41) is -2.70. The van der Waals surface area contributed by atoms with Crippen molar-refractivity contribution >= 4 is 18.5 Å². The molecule has 86 valence electrons. The number of halogens is 4. The molecule has 0 heterocycles. The van der Waals surface area contributed by atoms with E-state index in [1.54, 1.807) is 9.24 Å². The van der Waals surface area contributed by atoms with Crippen LogP contribution in [0.2, 0.25) is 0 Å². The van der Waals surface area contributed by atoms with Crippen LogP contribution in [0.5, 0.6) is 0 Å². The Kier molecular flexibility index (Phi) is 3.70. The molecule has 0 rings (SSSR count). The molecule has 0 saturated heterocycles. The third-order valence-electron chi connectivity index (χ3n) is 2.40. The third kappa shape index (κ3) is 2.22. The summed E-state index contributed by atoms with van der Waals surface area (Å²) in [7, 11) is 2.60. The first-order valence-electron chi connectivity index (χ1n) is 4.08. The van der Waals surface area contributed by atoms with Gasteiger partial charge < -0.3 is 0 Å². The van der Waals surface area contributed by atoms with Crippen LogP contribution in [0.3, 0.4) is 0 Å². The lowest BCUT2D eigenvalue weighted by Crippen LogP contribution is -2.57. The second kappa shape index (κ2) is 3.56. The van der Waals surface area contributed by atoms with Crippen molar-refractivity contribution in [1.29, 1.82) is 0 Å². The zero-order chi connectivity index (χ0) is 12.0. The third-order valence-corrected chi connectivity index (χ3v) is 4.35. The fourth-order valence-electron chi connectivity index (χ4n) is 0.947. The minimum Gasteiger partial charge on any atom is -0.235 e. The lowest BCUT2D eigenvalue weighted by molar-refractivity contribution is -0.140. The van der Waals surface area contributed by atoms with Gasteiger partial charge in [0.1, 0.15) is 0 Å². The Hall–Kier alpha value is 0.580. The van der Waals surface area contributed by atoms with E-state index >= 15 is 0 Å². The van der Waals surface area contributed by atoms with Crippen LogP contribution in [0.15, 0.2) is 0 Å². The summed E-state index contributed by atoms with van der Waals surface area (Å²) in [5.74, 6) is 0. The fraction of sp³-hybridized carbons (Fsp3) is 1.00. The van der Waals surface area contributed by atoms with Crippen LogP contribution in [0.25, 0.3) is 0 Å². The second-order valence-electron chi connectivity index (χ2n) is 4.59. The lowest BCUT2D eigenvalue weighted by Gasteiger charge is -2.45. The molecule has 0 aromatic carbocycles. The highest BCUT2D eigenvalue weighted by Crippen LogP contribution is 2.56. The first kappa shape index (κ1) is 14.6. The topological polar surface area (TPSA) is 0 Å². The molecule has 0 aromatic heterocycles. The Morgan fingerprint density at radius 1 is 0.786 bits per heavy atom. The highest BCUT2D eigenvalue weighted by molar-refractivity contribution is 7.20. The van der Waals surface area contributed by atoms with E-state index in [1.807, 2.05) is 0 Å². The van der Waals surface area contributed by atoms with E-state index in [1.165, 1.54) is 20.8 Å². The molecule has 4 atom stereocenters. The van der Waals surface area contributed by atoms with Crippen molar-refractivity contribution in [3.05, 3.63) is 0 Å². The molecule has 0 saturated carbocycles. The van der Waals surface area contributed by atoms with Gasteiger partial charge in [0, 0.05) is 5.41 Å². The van der Waals surface area contributed by atoms with Crippen LogP contribution in [0.4, 0.5) is 17.6 Å². The molecule has 0 aromatic rings. The average molecular weight is 250 g/mol. The maximum atomic E-state index is 14.0. The Morgan fingerprint density at radius 3 is 1.14 bits per heavy atom. The standard InChI is InChI=1S/C8H16F4P2/c1-5(2,3)7(10,13)6(4,9)8(11,12)14/h13-14H2,1-4H3. The van der Waals surface area contributed by atoms with Crippen molar-refractivity contribution in [1.82, 2.24) is 0 Å². The van der Waals surface area contributed by atoms with Gasteiger partial charge in [-0.2, -0.15) is 8.78 Å². The van der Waals surface area contributed by atoms with Crippen molar-refractivity contribution in [2.24, 2.45) is 5.41 Å². The summed E-state index contributed by atoms with van der Waals surface area (Å²) in [6.45, 7) is 4.68. The first-order valence-corrected chi connectivity index (χ1v) is 5.24. The lowest BCUT2D eigenvalue weighted by atomic mass is 9.80. The van der Waals surface area contributed by atoms with Gasteiger partial charge >= 0.3 is 0 Å². The number of hydrogen-bond acceptors (Lipinski definition) is 0. The molecular weight excluding hydrogens is 234 g/mol.